The van der Waals surface area contributed by atoms with Crippen LogP contribution in [-0.2, 0) is 5.41 Å². The lowest BCUT2D eigenvalue weighted by molar-refractivity contribution is 0.793. The molecule has 1 heterocycles. The van der Waals surface area contributed by atoms with E-state index < -0.39 is 5.41 Å². The van der Waals surface area contributed by atoms with Gasteiger partial charge in [-0.3, -0.25) is 0 Å². The molecule has 0 saturated carbocycles. The van der Waals surface area contributed by atoms with Crippen LogP contribution in [0, 0.1) is 0 Å². The molecule has 1 aromatic heterocycles. The Balaban J connectivity index is 1.26. The van der Waals surface area contributed by atoms with E-state index in [-0.39, 0.29) is 0 Å². The van der Waals surface area contributed by atoms with Gasteiger partial charge in [-0.2, -0.15) is 0 Å². The van der Waals surface area contributed by atoms with Gasteiger partial charge in [0.15, 0.2) is 0 Å². The predicted molar refractivity (Wildman–Crippen MR) is 212 cm³/mol. The molecule has 9 aromatic rings. The summed E-state index contributed by atoms with van der Waals surface area (Å²) in [5.74, 6) is 0. The third-order valence-corrected chi connectivity index (χ3v) is 11.2. The van der Waals surface area contributed by atoms with Gasteiger partial charge in [-0.25, -0.2) is 0 Å². The molecule has 8 aromatic carbocycles. The predicted octanol–water partition coefficient (Wildman–Crippen LogP) is 12.6. The van der Waals surface area contributed by atoms with Crippen molar-refractivity contribution in [2.75, 3.05) is 4.90 Å². The second-order valence-electron chi connectivity index (χ2n) is 13.6. The molecule has 0 radical (unpaired) electrons. The fourth-order valence-corrected chi connectivity index (χ4v) is 9.33. The molecule has 0 amide bonds. The summed E-state index contributed by atoms with van der Waals surface area (Å²) < 4.78 is 2.49. The SMILES string of the molecule is c1ccc(N(c2ccccc2)c2cccc3c2-c2ccccc2C32c3ccccc3-c3c(-n4c5ccccc5c5ccccc54)cccc32)cc1. The number of anilines is 3. The van der Waals surface area contributed by atoms with Crippen LogP contribution in [0.25, 0.3) is 49.7 Å². The highest BCUT2D eigenvalue weighted by molar-refractivity contribution is 6.10. The number of rotatable bonds is 4. The van der Waals surface area contributed by atoms with Gasteiger partial charge in [-0.15, -0.1) is 0 Å². The van der Waals surface area contributed by atoms with Crippen LogP contribution in [0.15, 0.2) is 194 Å². The van der Waals surface area contributed by atoms with Gasteiger partial charge in [0.05, 0.1) is 27.8 Å². The smallest absolute Gasteiger partial charge is 0.0727 e. The first-order valence-electron chi connectivity index (χ1n) is 17.7. The minimum absolute atomic E-state index is 0.484. The first-order chi connectivity index (χ1) is 25.4. The van der Waals surface area contributed by atoms with Gasteiger partial charge < -0.3 is 9.47 Å². The summed E-state index contributed by atoms with van der Waals surface area (Å²) in [5.41, 5.74) is 17.1. The second-order valence-corrected chi connectivity index (χ2v) is 13.6. The van der Waals surface area contributed by atoms with Gasteiger partial charge in [0.1, 0.15) is 0 Å². The van der Waals surface area contributed by atoms with Gasteiger partial charge in [0.25, 0.3) is 0 Å². The van der Waals surface area contributed by atoms with Crippen molar-refractivity contribution in [3.63, 3.8) is 0 Å². The molecule has 0 N–H and O–H groups in total. The quantitative estimate of drug-likeness (QED) is 0.184. The van der Waals surface area contributed by atoms with Crippen molar-refractivity contribution in [3.8, 4) is 27.9 Å². The number of nitrogens with zero attached hydrogens (tertiary/aromatic N) is 2. The van der Waals surface area contributed by atoms with Crippen LogP contribution in [0.1, 0.15) is 22.3 Å². The number of fused-ring (bicyclic) bond motifs is 13. The fraction of sp³-hybridized carbons (Fsp3) is 0.0204. The van der Waals surface area contributed by atoms with Gasteiger partial charge in [-0.05, 0) is 81.9 Å². The van der Waals surface area contributed by atoms with Crippen molar-refractivity contribution >= 4 is 38.9 Å². The molecule has 0 aliphatic heterocycles. The second kappa shape index (κ2) is 10.7. The number of hydrogen-bond acceptors (Lipinski definition) is 1. The molecule has 0 saturated heterocycles. The van der Waals surface area contributed by atoms with Crippen LogP contribution < -0.4 is 4.90 Å². The monoisotopic (exact) mass is 648 g/mol. The van der Waals surface area contributed by atoms with E-state index in [2.05, 4.69) is 204 Å². The highest BCUT2D eigenvalue weighted by Crippen LogP contribution is 2.65. The van der Waals surface area contributed by atoms with E-state index in [1.807, 2.05) is 0 Å². The Hall–Kier alpha value is -6.64. The van der Waals surface area contributed by atoms with Crippen LogP contribution in [0.2, 0.25) is 0 Å². The van der Waals surface area contributed by atoms with Gasteiger partial charge in [0.2, 0.25) is 0 Å². The third kappa shape index (κ3) is 3.71. The van der Waals surface area contributed by atoms with Crippen molar-refractivity contribution in [1.29, 1.82) is 0 Å². The number of hydrogen-bond donors (Lipinski definition) is 0. The minimum Gasteiger partial charge on any atom is -0.310 e. The Bertz CT molecular complexity index is 2720. The van der Waals surface area contributed by atoms with E-state index >= 15 is 0 Å². The number of benzene rings is 8. The average molecular weight is 649 g/mol. The molecule has 238 valence electrons. The summed E-state index contributed by atoms with van der Waals surface area (Å²) in [6, 6.07) is 71.4. The molecule has 0 bridgehead atoms. The maximum absolute atomic E-state index is 2.49. The molecule has 1 atom stereocenters. The maximum Gasteiger partial charge on any atom is 0.0727 e. The Kier molecular flexibility index (Phi) is 5.91. The van der Waals surface area contributed by atoms with E-state index in [1.54, 1.807) is 0 Å². The highest BCUT2D eigenvalue weighted by atomic mass is 15.1. The van der Waals surface area contributed by atoms with E-state index in [4.69, 9.17) is 0 Å². The summed E-state index contributed by atoms with van der Waals surface area (Å²) in [4.78, 5) is 2.42. The molecule has 1 unspecified atom stereocenters. The van der Waals surface area contributed by atoms with Crippen LogP contribution in [-0.4, -0.2) is 4.57 Å². The lowest BCUT2D eigenvalue weighted by Crippen LogP contribution is -2.26. The Morgan fingerprint density at radius 3 is 1.41 bits per heavy atom. The number of aromatic nitrogens is 1. The molecular weight excluding hydrogens is 617 g/mol. The van der Waals surface area contributed by atoms with Crippen molar-refractivity contribution in [3.05, 3.63) is 216 Å². The molecular formula is C49H32N2. The lowest BCUT2D eigenvalue weighted by atomic mass is 9.70. The van der Waals surface area contributed by atoms with Crippen molar-refractivity contribution in [2.24, 2.45) is 0 Å². The minimum atomic E-state index is -0.484. The van der Waals surface area contributed by atoms with E-state index in [0.717, 1.165) is 11.4 Å². The first kappa shape index (κ1) is 28.2. The zero-order chi connectivity index (χ0) is 33.5. The molecule has 11 rings (SSSR count). The van der Waals surface area contributed by atoms with Crippen LogP contribution in [0.3, 0.4) is 0 Å². The van der Waals surface area contributed by atoms with E-state index in [9.17, 15) is 0 Å². The molecule has 51 heavy (non-hydrogen) atoms. The lowest BCUT2D eigenvalue weighted by Gasteiger charge is -2.32. The zero-order valence-electron chi connectivity index (χ0n) is 27.9. The normalized spacial score (nSPS) is 15.1. The molecule has 2 heteroatoms. The summed E-state index contributed by atoms with van der Waals surface area (Å²) in [6.07, 6.45) is 0. The largest absolute Gasteiger partial charge is 0.310 e. The third-order valence-electron chi connectivity index (χ3n) is 11.2. The summed E-state index contributed by atoms with van der Waals surface area (Å²) in [6.45, 7) is 0. The Morgan fingerprint density at radius 2 is 0.804 bits per heavy atom. The zero-order valence-corrected chi connectivity index (χ0v) is 27.9. The average Bonchev–Trinajstić information content (AvgIpc) is 3.81. The van der Waals surface area contributed by atoms with E-state index in [0.29, 0.717) is 0 Å². The summed E-state index contributed by atoms with van der Waals surface area (Å²) in [7, 11) is 0. The highest BCUT2D eigenvalue weighted by Gasteiger charge is 2.53. The number of para-hydroxylation sites is 4. The first-order valence-corrected chi connectivity index (χ1v) is 17.7. The molecule has 0 fully saturated rings. The van der Waals surface area contributed by atoms with Crippen LogP contribution >= 0.6 is 0 Å². The Morgan fingerprint density at radius 1 is 0.353 bits per heavy atom. The van der Waals surface area contributed by atoms with Crippen LogP contribution in [0.5, 0.6) is 0 Å². The molecule has 1 spiro atoms. The molecule has 2 aliphatic rings. The maximum atomic E-state index is 2.49. The summed E-state index contributed by atoms with van der Waals surface area (Å²) >= 11 is 0. The van der Waals surface area contributed by atoms with E-state index in [1.165, 1.54) is 77.7 Å². The fourth-order valence-electron chi connectivity index (χ4n) is 9.33. The van der Waals surface area contributed by atoms with Crippen molar-refractivity contribution in [2.45, 2.75) is 5.41 Å². The van der Waals surface area contributed by atoms with Crippen molar-refractivity contribution in [1.82, 2.24) is 4.57 Å². The topological polar surface area (TPSA) is 8.17 Å². The van der Waals surface area contributed by atoms with Gasteiger partial charge in [-0.1, -0.05) is 146 Å². The Labute approximate surface area is 297 Å². The summed E-state index contributed by atoms with van der Waals surface area (Å²) in [5, 5.41) is 2.55. The standard InChI is InChI=1S/C49H32N2/c1-3-17-33(18-4-1)50(34-19-5-2-6-20-34)45-31-15-27-41-47(45)37-23-7-11-25-39(37)49(41)40-26-12-8-24-38(40)48-42(49)28-16-32-46(48)51-43-29-13-9-21-35(43)36-22-10-14-30-44(36)51/h1-32H. The van der Waals surface area contributed by atoms with Crippen molar-refractivity contribution < 1.29 is 0 Å². The molecule has 2 aliphatic carbocycles. The van der Waals surface area contributed by atoms with Crippen LogP contribution in [0.4, 0.5) is 17.1 Å². The van der Waals surface area contributed by atoms with Gasteiger partial charge in [0, 0.05) is 33.3 Å². The van der Waals surface area contributed by atoms with Gasteiger partial charge >= 0.3 is 0 Å². The molecule has 2 nitrogen and oxygen atoms in total.